The zero-order valence-electron chi connectivity index (χ0n) is 15.8. The van der Waals surface area contributed by atoms with Crippen LogP contribution < -0.4 is 9.47 Å². The summed E-state index contributed by atoms with van der Waals surface area (Å²) in [6.07, 6.45) is 1.67. The topological polar surface area (TPSA) is 95.7 Å². The van der Waals surface area contributed by atoms with Gasteiger partial charge in [0, 0.05) is 18.2 Å². The highest BCUT2D eigenvalue weighted by Crippen LogP contribution is 2.35. The van der Waals surface area contributed by atoms with Crippen LogP contribution in [0.4, 0.5) is 5.69 Å². The maximum absolute atomic E-state index is 12.6. The zero-order chi connectivity index (χ0) is 21.3. The van der Waals surface area contributed by atoms with Gasteiger partial charge in [0.1, 0.15) is 11.5 Å². The van der Waals surface area contributed by atoms with E-state index in [1.165, 1.54) is 36.4 Å². The second kappa shape index (κ2) is 7.63. The smallest absolute Gasteiger partial charge is 0.343 e. The number of benzene rings is 3. The van der Waals surface area contributed by atoms with Crippen molar-refractivity contribution in [2.75, 3.05) is 0 Å². The molecule has 1 heterocycles. The van der Waals surface area contributed by atoms with E-state index in [9.17, 15) is 19.7 Å². The minimum Gasteiger partial charge on any atom is -0.452 e. The first-order chi connectivity index (χ1) is 14.4. The van der Waals surface area contributed by atoms with E-state index in [1.807, 2.05) is 31.2 Å². The number of carbonyl (C=O) groups is 2. The predicted octanol–water partition coefficient (Wildman–Crippen LogP) is 4.74. The summed E-state index contributed by atoms with van der Waals surface area (Å²) in [5, 5.41) is 10.9. The number of carbonyl (C=O) groups excluding carboxylic acids is 2. The number of nitro groups is 1. The van der Waals surface area contributed by atoms with Gasteiger partial charge in [0.05, 0.1) is 16.1 Å². The SMILES string of the molecule is Cc1ccccc1C=C1Oc2cc(OC(=O)c3cccc([N+](=O)[O-])c3)ccc2C1=O. The zero-order valence-corrected chi connectivity index (χ0v) is 15.8. The molecule has 3 aromatic carbocycles. The van der Waals surface area contributed by atoms with E-state index in [0.717, 1.165) is 17.2 Å². The largest absolute Gasteiger partial charge is 0.452 e. The summed E-state index contributed by atoms with van der Waals surface area (Å²) >= 11 is 0. The first kappa shape index (κ1) is 19.1. The Hall–Kier alpha value is -4.26. The molecule has 0 aromatic heterocycles. The van der Waals surface area contributed by atoms with Crippen molar-refractivity contribution >= 4 is 23.5 Å². The van der Waals surface area contributed by atoms with Crippen LogP contribution in [0.3, 0.4) is 0 Å². The monoisotopic (exact) mass is 401 g/mol. The van der Waals surface area contributed by atoms with E-state index < -0.39 is 10.9 Å². The Morgan fingerprint density at radius 3 is 2.63 bits per heavy atom. The van der Waals surface area contributed by atoms with Crippen molar-refractivity contribution in [3.8, 4) is 11.5 Å². The molecular weight excluding hydrogens is 386 g/mol. The number of nitro benzene ring substituents is 1. The molecule has 0 radical (unpaired) electrons. The lowest BCUT2D eigenvalue weighted by molar-refractivity contribution is -0.384. The molecule has 30 heavy (non-hydrogen) atoms. The van der Waals surface area contributed by atoms with Crippen molar-refractivity contribution < 1.29 is 24.0 Å². The number of allylic oxidation sites excluding steroid dienone is 1. The van der Waals surface area contributed by atoms with Crippen LogP contribution in [0, 0.1) is 17.0 Å². The van der Waals surface area contributed by atoms with Crippen LogP contribution in [-0.2, 0) is 0 Å². The number of esters is 1. The number of ketones is 1. The van der Waals surface area contributed by atoms with Gasteiger partial charge in [0.2, 0.25) is 5.78 Å². The van der Waals surface area contributed by atoms with E-state index in [2.05, 4.69) is 0 Å². The maximum atomic E-state index is 12.6. The summed E-state index contributed by atoms with van der Waals surface area (Å²) < 4.78 is 11.0. The molecule has 0 saturated heterocycles. The van der Waals surface area contributed by atoms with Gasteiger partial charge in [0.15, 0.2) is 5.76 Å². The van der Waals surface area contributed by atoms with Gasteiger partial charge in [0.25, 0.3) is 5.69 Å². The molecule has 0 bridgehead atoms. The van der Waals surface area contributed by atoms with Crippen molar-refractivity contribution in [2.45, 2.75) is 6.92 Å². The summed E-state index contributed by atoms with van der Waals surface area (Å²) in [5.41, 5.74) is 2.07. The molecule has 1 aliphatic heterocycles. The van der Waals surface area contributed by atoms with Crippen LogP contribution >= 0.6 is 0 Å². The normalized spacial score (nSPS) is 13.6. The van der Waals surface area contributed by atoms with Crippen molar-refractivity contribution in [3.05, 3.63) is 105 Å². The fourth-order valence-corrected chi connectivity index (χ4v) is 3.03. The van der Waals surface area contributed by atoms with Crippen molar-refractivity contribution in [3.63, 3.8) is 0 Å². The Balaban J connectivity index is 1.56. The molecule has 1 aliphatic rings. The van der Waals surface area contributed by atoms with Gasteiger partial charge in [-0.05, 0) is 42.3 Å². The summed E-state index contributed by atoms with van der Waals surface area (Å²) in [7, 11) is 0. The summed E-state index contributed by atoms with van der Waals surface area (Å²) in [6.45, 7) is 1.93. The first-order valence-electron chi connectivity index (χ1n) is 9.03. The first-order valence-corrected chi connectivity index (χ1v) is 9.03. The van der Waals surface area contributed by atoms with Gasteiger partial charge in [-0.25, -0.2) is 4.79 Å². The van der Waals surface area contributed by atoms with Gasteiger partial charge >= 0.3 is 5.97 Å². The Labute approximate surface area is 171 Å². The van der Waals surface area contributed by atoms with Crippen LogP contribution in [0.25, 0.3) is 6.08 Å². The number of Topliss-reactive ketones (excluding diaryl/α,β-unsaturated/α-hetero) is 1. The average molecular weight is 401 g/mol. The fraction of sp³-hybridized carbons (Fsp3) is 0.0435. The molecule has 0 aliphatic carbocycles. The van der Waals surface area contributed by atoms with Crippen LogP contribution in [0.5, 0.6) is 11.5 Å². The Bertz CT molecular complexity index is 1230. The van der Waals surface area contributed by atoms with Crippen LogP contribution in [0.15, 0.2) is 72.5 Å². The number of nitrogens with zero attached hydrogens (tertiary/aromatic N) is 1. The highest BCUT2D eigenvalue weighted by molar-refractivity contribution is 6.14. The van der Waals surface area contributed by atoms with Crippen LogP contribution in [0.1, 0.15) is 31.8 Å². The molecule has 0 spiro atoms. The number of rotatable bonds is 4. The van der Waals surface area contributed by atoms with E-state index in [1.54, 1.807) is 6.08 Å². The number of non-ortho nitro benzene ring substituents is 1. The number of hydrogen-bond acceptors (Lipinski definition) is 6. The van der Waals surface area contributed by atoms with Crippen molar-refractivity contribution in [1.82, 2.24) is 0 Å². The maximum Gasteiger partial charge on any atom is 0.343 e. The number of hydrogen-bond donors (Lipinski definition) is 0. The quantitative estimate of drug-likeness (QED) is 0.206. The van der Waals surface area contributed by atoms with Crippen LogP contribution in [0.2, 0.25) is 0 Å². The number of fused-ring (bicyclic) bond motifs is 1. The summed E-state index contributed by atoms with van der Waals surface area (Å²) in [4.78, 5) is 35.2. The fourth-order valence-electron chi connectivity index (χ4n) is 3.03. The molecule has 0 atom stereocenters. The third-order valence-electron chi connectivity index (χ3n) is 4.62. The molecule has 148 valence electrons. The minimum absolute atomic E-state index is 0.0434. The highest BCUT2D eigenvalue weighted by atomic mass is 16.6. The molecule has 0 unspecified atom stereocenters. The van der Waals surface area contributed by atoms with E-state index in [-0.39, 0.29) is 34.3 Å². The van der Waals surface area contributed by atoms with E-state index in [0.29, 0.717) is 5.56 Å². The molecule has 0 saturated carbocycles. The molecule has 0 N–H and O–H groups in total. The summed E-state index contributed by atoms with van der Waals surface area (Å²) in [5.74, 6) is -0.385. The van der Waals surface area contributed by atoms with Gasteiger partial charge in [-0.3, -0.25) is 14.9 Å². The number of aryl methyl sites for hydroxylation is 1. The predicted molar refractivity (Wildman–Crippen MR) is 109 cm³/mol. The molecule has 0 amide bonds. The lowest BCUT2D eigenvalue weighted by Gasteiger charge is -2.06. The standard InChI is InChI=1S/C23H15NO6/c1-14-5-2-3-6-15(14)12-21-22(25)19-10-9-18(13-20(19)30-21)29-23(26)16-7-4-8-17(11-16)24(27)28/h2-13H,1H3. The van der Waals surface area contributed by atoms with Gasteiger partial charge in [-0.1, -0.05) is 30.3 Å². The third kappa shape index (κ3) is 3.68. The summed E-state index contributed by atoms with van der Waals surface area (Å²) in [6, 6.07) is 17.3. The Morgan fingerprint density at radius 1 is 1.07 bits per heavy atom. The van der Waals surface area contributed by atoms with Gasteiger partial charge in [-0.2, -0.15) is 0 Å². The highest BCUT2D eigenvalue weighted by Gasteiger charge is 2.28. The molecular formula is C23H15NO6. The second-order valence-electron chi connectivity index (χ2n) is 6.65. The molecule has 3 aromatic rings. The lowest BCUT2D eigenvalue weighted by atomic mass is 10.1. The van der Waals surface area contributed by atoms with Crippen molar-refractivity contribution in [1.29, 1.82) is 0 Å². The molecule has 4 rings (SSSR count). The van der Waals surface area contributed by atoms with Gasteiger partial charge in [-0.15, -0.1) is 0 Å². The molecule has 7 nitrogen and oxygen atoms in total. The molecule has 0 fully saturated rings. The molecule has 7 heteroatoms. The van der Waals surface area contributed by atoms with Crippen molar-refractivity contribution in [2.24, 2.45) is 0 Å². The average Bonchev–Trinajstić information content (AvgIpc) is 3.04. The van der Waals surface area contributed by atoms with Gasteiger partial charge < -0.3 is 9.47 Å². The Kier molecular flexibility index (Phi) is 4.85. The Morgan fingerprint density at radius 2 is 1.87 bits per heavy atom. The minimum atomic E-state index is -0.751. The lowest BCUT2D eigenvalue weighted by Crippen LogP contribution is -2.08. The van der Waals surface area contributed by atoms with Crippen LogP contribution in [-0.4, -0.2) is 16.7 Å². The van der Waals surface area contributed by atoms with E-state index in [4.69, 9.17) is 9.47 Å². The second-order valence-corrected chi connectivity index (χ2v) is 6.65. The third-order valence-corrected chi connectivity index (χ3v) is 4.62. The number of ether oxygens (including phenoxy) is 2. The van der Waals surface area contributed by atoms with E-state index >= 15 is 0 Å².